The Bertz CT molecular complexity index is 967. The fourth-order valence-electron chi connectivity index (χ4n) is 3.26. The Hall–Kier alpha value is -3.55. The zero-order chi connectivity index (χ0) is 24.6. The number of aryl methyl sites for hydroxylation is 1. The molecule has 178 valence electrons. The van der Waals surface area contributed by atoms with Crippen LogP contribution in [0.1, 0.15) is 44.9 Å². The molecule has 0 aliphatic carbocycles. The van der Waals surface area contributed by atoms with Gasteiger partial charge in [0.25, 0.3) is 5.91 Å². The molecule has 2 N–H and O–H groups in total. The lowest BCUT2D eigenvalue weighted by atomic mass is 10.0. The molecule has 0 heterocycles. The summed E-state index contributed by atoms with van der Waals surface area (Å²) in [5.41, 5.74) is 1.53. The van der Waals surface area contributed by atoms with Crippen LogP contribution in [0.3, 0.4) is 0 Å². The smallest absolute Gasteiger partial charge is 0.408 e. The van der Waals surface area contributed by atoms with Crippen LogP contribution >= 0.6 is 0 Å². The van der Waals surface area contributed by atoms with Crippen molar-refractivity contribution in [2.75, 3.05) is 25.5 Å². The number of alkyl carbamates (subject to hydrolysis) is 1. The summed E-state index contributed by atoms with van der Waals surface area (Å²) in [5, 5.41) is 5.35. The van der Waals surface area contributed by atoms with Crippen LogP contribution < -0.4 is 15.4 Å². The monoisotopic (exact) mass is 455 g/mol. The number of amides is 3. The number of ether oxygens (including phenoxy) is 2. The van der Waals surface area contributed by atoms with Crippen LogP contribution in [-0.4, -0.2) is 48.6 Å². The quantitative estimate of drug-likeness (QED) is 0.626. The van der Waals surface area contributed by atoms with Gasteiger partial charge in [-0.15, -0.1) is 0 Å². The summed E-state index contributed by atoms with van der Waals surface area (Å²) < 4.78 is 10.4. The minimum atomic E-state index is -0.884. The van der Waals surface area contributed by atoms with Crippen LogP contribution in [0.25, 0.3) is 0 Å². The van der Waals surface area contributed by atoms with Gasteiger partial charge in [-0.1, -0.05) is 29.8 Å². The second-order valence-electron chi connectivity index (χ2n) is 8.57. The van der Waals surface area contributed by atoms with E-state index in [4.69, 9.17) is 9.47 Å². The fourth-order valence-corrected chi connectivity index (χ4v) is 3.26. The number of hydrogen-bond acceptors (Lipinski definition) is 5. The van der Waals surface area contributed by atoms with Crippen molar-refractivity contribution in [2.45, 2.75) is 46.3 Å². The van der Waals surface area contributed by atoms with Gasteiger partial charge in [-0.05, 0) is 64.4 Å². The molecule has 3 amide bonds. The van der Waals surface area contributed by atoms with E-state index in [1.807, 2.05) is 31.2 Å². The zero-order valence-electron chi connectivity index (χ0n) is 20.1. The number of methoxy groups -OCH3 is 1. The molecule has 33 heavy (non-hydrogen) atoms. The zero-order valence-corrected chi connectivity index (χ0v) is 20.1. The Labute approximate surface area is 195 Å². The van der Waals surface area contributed by atoms with E-state index in [1.54, 1.807) is 59.1 Å². The van der Waals surface area contributed by atoms with Crippen LogP contribution in [0.15, 0.2) is 48.5 Å². The second kappa shape index (κ2) is 11.4. The van der Waals surface area contributed by atoms with Crippen molar-refractivity contribution in [3.05, 3.63) is 59.7 Å². The molecule has 0 bridgehead atoms. The molecule has 2 aromatic carbocycles. The molecule has 1 unspecified atom stereocenters. The Morgan fingerprint density at radius 1 is 1.06 bits per heavy atom. The predicted octanol–water partition coefficient (Wildman–Crippen LogP) is 4.06. The third-order valence-corrected chi connectivity index (χ3v) is 4.72. The molecular formula is C25H33N3O5. The van der Waals surface area contributed by atoms with E-state index in [2.05, 4.69) is 10.6 Å². The molecule has 1 atom stereocenters. The molecule has 2 aromatic rings. The highest BCUT2D eigenvalue weighted by molar-refractivity contribution is 5.98. The number of nitrogens with one attached hydrogen (secondary N) is 2. The van der Waals surface area contributed by atoms with Crippen molar-refractivity contribution < 1.29 is 23.9 Å². The van der Waals surface area contributed by atoms with Gasteiger partial charge in [-0.25, -0.2) is 4.79 Å². The molecule has 0 saturated heterocycles. The number of carbonyl (C=O) groups excluding carboxylic acids is 3. The first-order valence-electron chi connectivity index (χ1n) is 10.8. The van der Waals surface area contributed by atoms with Crippen molar-refractivity contribution in [1.29, 1.82) is 0 Å². The van der Waals surface area contributed by atoms with Crippen LogP contribution in [0, 0.1) is 6.92 Å². The molecule has 8 nitrogen and oxygen atoms in total. The first-order chi connectivity index (χ1) is 15.5. The van der Waals surface area contributed by atoms with Crippen molar-refractivity contribution >= 4 is 23.6 Å². The van der Waals surface area contributed by atoms with Crippen molar-refractivity contribution in [3.63, 3.8) is 0 Å². The third-order valence-electron chi connectivity index (χ3n) is 4.72. The molecule has 0 aliphatic rings. The SMILES string of the molecule is CCN(C(=O)CNC(=O)OC(C)(C)C)C(C(=O)Nc1ccc(OC)cc1)c1cccc(C)c1. The predicted molar refractivity (Wildman–Crippen MR) is 127 cm³/mol. The third kappa shape index (κ3) is 7.82. The summed E-state index contributed by atoms with van der Waals surface area (Å²) in [7, 11) is 1.57. The molecule has 8 heteroatoms. The van der Waals surface area contributed by atoms with Gasteiger partial charge >= 0.3 is 6.09 Å². The van der Waals surface area contributed by atoms with Crippen LogP contribution in [0.4, 0.5) is 10.5 Å². The van der Waals surface area contributed by atoms with Gasteiger partial charge in [0.05, 0.1) is 7.11 Å². The highest BCUT2D eigenvalue weighted by Crippen LogP contribution is 2.25. The summed E-state index contributed by atoms with van der Waals surface area (Å²) in [6.45, 7) is 8.90. The Balaban J connectivity index is 2.25. The molecule has 0 saturated carbocycles. The van der Waals surface area contributed by atoms with E-state index in [0.717, 1.165) is 5.56 Å². The average molecular weight is 456 g/mol. The van der Waals surface area contributed by atoms with E-state index < -0.39 is 23.6 Å². The highest BCUT2D eigenvalue weighted by Gasteiger charge is 2.31. The topological polar surface area (TPSA) is 97.0 Å². The molecular weight excluding hydrogens is 422 g/mol. The van der Waals surface area contributed by atoms with Gasteiger partial charge in [0.1, 0.15) is 23.9 Å². The lowest BCUT2D eigenvalue weighted by Gasteiger charge is -2.31. The number of hydrogen-bond donors (Lipinski definition) is 2. The largest absolute Gasteiger partial charge is 0.497 e. The van der Waals surface area contributed by atoms with Crippen molar-refractivity contribution in [2.24, 2.45) is 0 Å². The van der Waals surface area contributed by atoms with Gasteiger partial charge in [0.2, 0.25) is 5.91 Å². The lowest BCUT2D eigenvalue weighted by molar-refractivity contribution is -0.138. The Morgan fingerprint density at radius 3 is 2.27 bits per heavy atom. The van der Waals surface area contributed by atoms with Gasteiger partial charge in [-0.3, -0.25) is 9.59 Å². The van der Waals surface area contributed by atoms with Crippen molar-refractivity contribution in [1.82, 2.24) is 10.2 Å². The number of rotatable bonds is 8. The van der Waals surface area contributed by atoms with E-state index in [0.29, 0.717) is 17.0 Å². The molecule has 0 aromatic heterocycles. The van der Waals surface area contributed by atoms with E-state index >= 15 is 0 Å². The minimum Gasteiger partial charge on any atom is -0.497 e. The van der Waals surface area contributed by atoms with Crippen LogP contribution in [0.2, 0.25) is 0 Å². The van der Waals surface area contributed by atoms with E-state index in [-0.39, 0.29) is 19.0 Å². The maximum Gasteiger partial charge on any atom is 0.408 e. The number of likely N-dealkylation sites (N-methyl/N-ethyl adjacent to an activating group) is 1. The maximum atomic E-state index is 13.4. The van der Waals surface area contributed by atoms with Gasteiger partial charge in [0.15, 0.2) is 0 Å². The van der Waals surface area contributed by atoms with E-state index in [9.17, 15) is 14.4 Å². The summed E-state index contributed by atoms with van der Waals surface area (Å²) in [6, 6.07) is 13.5. The molecule has 0 spiro atoms. The standard InChI is InChI=1S/C25H33N3O5/c1-7-28(21(29)16-26-24(31)33-25(3,4)5)22(18-10-8-9-17(2)15-18)23(30)27-19-11-13-20(32-6)14-12-19/h8-15,22H,7,16H2,1-6H3,(H,26,31)(H,27,30). The van der Waals surface area contributed by atoms with Gasteiger partial charge < -0.3 is 25.0 Å². The van der Waals surface area contributed by atoms with Crippen molar-refractivity contribution in [3.8, 4) is 5.75 Å². The molecule has 0 radical (unpaired) electrons. The normalized spacial score (nSPS) is 11.8. The van der Waals surface area contributed by atoms with Gasteiger partial charge in [0, 0.05) is 12.2 Å². The second-order valence-corrected chi connectivity index (χ2v) is 8.57. The van der Waals surface area contributed by atoms with Crippen LogP contribution in [0.5, 0.6) is 5.75 Å². The number of benzene rings is 2. The van der Waals surface area contributed by atoms with Crippen LogP contribution in [-0.2, 0) is 14.3 Å². The summed E-state index contributed by atoms with van der Waals surface area (Å²) >= 11 is 0. The average Bonchev–Trinajstić information content (AvgIpc) is 2.75. The maximum absolute atomic E-state index is 13.4. The summed E-state index contributed by atoms with van der Waals surface area (Å²) in [6.07, 6.45) is -0.693. The fraction of sp³-hybridized carbons (Fsp3) is 0.400. The number of anilines is 1. The first-order valence-corrected chi connectivity index (χ1v) is 10.8. The molecule has 0 fully saturated rings. The summed E-state index contributed by atoms with van der Waals surface area (Å²) in [4.78, 5) is 39.8. The molecule has 0 aliphatic heterocycles. The summed E-state index contributed by atoms with van der Waals surface area (Å²) in [5.74, 6) is -0.0974. The first kappa shape index (κ1) is 25.7. The van der Waals surface area contributed by atoms with E-state index in [1.165, 1.54) is 4.90 Å². The molecule has 2 rings (SSSR count). The number of carbonyl (C=O) groups is 3. The number of nitrogens with zero attached hydrogens (tertiary/aromatic N) is 1. The minimum absolute atomic E-state index is 0.267. The van der Waals surface area contributed by atoms with Gasteiger partial charge in [-0.2, -0.15) is 0 Å². The Morgan fingerprint density at radius 2 is 1.73 bits per heavy atom. The highest BCUT2D eigenvalue weighted by atomic mass is 16.6. The Kier molecular flexibility index (Phi) is 8.85. The lowest BCUT2D eigenvalue weighted by Crippen LogP contribution is -2.46.